The van der Waals surface area contributed by atoms with Crippen molar-refractivity contribution >= 4 is 0 Å². The number of ether oxygens (including phenoxy) is 1. The highest BCUT2D eigenvalue weighted by molar-refractivity contribution is 4.70. The van der Waals surface area contributed by atoms with E-state index in [1.54, 1.807) is 0 Å². The number of methoxy groups -OCH3 is 1. The minimum atomic E-state index is -3.08. The molecule has 0 N–H and O–H groups in total. The second kappa shape index (κ2) is 3.06. The summed E-state index contributed by atoms with van der Waals surface area (Å²) in [4.78, 5) is 0. The average Bonchev–Trinajstić information content (AvgIpc) is 1.65. The Bertz CT molecular complexity index is 74.8. The Hall–Kier alpha value is -0.250. The molecule has 0 aromatic carbocycles. The van der Waals surface area contributed by atoms with Crippen molar-refractivity contribution in [1.29, 1.82) is 0 Å². The van der Waals surface area contributed by atoms with E-state index < -0.39 is 18.7 Å². The van der Waals surface area contributed by atoms with E-state index in [1.165, 1.54) is 0 Å². The van der Waals surface area contributed by atoms with Gasteiger partial charge >= 0.3 is 0 Å². The molecule has 0 aromatic heterocycles. The highest BCUT2D eigenvalue weighted by Crippen LogP contribution is 2.19. The van der Waals surface area contributed by atoms with Gasteiger partial charge < -0.3 is 4.74 Å². The van der Waals surface area contributed by atoms with Crippen molar-refractivity contribution in [2.75, 3.05) is 13.8 Å². The maximum absolute atomic E-state index is 12.0. The Morgan fingerprint density at radius 2 is 2.00 bits per heavy atom. The fourth-order valence-corrected chi connectivity index (χ4v) is 0.405. The van der Waals surface area contributed by atoms with E-state index in [9.17, 15) is 13.2 Å². The van der Waals surface area contributed by atoms with Crippen molar-refractivity contribution in [2.24, 2.45) is 0 Å². The first-order valence-corrected chi connectivity index (χ1v) is 2.49. The van der Waals surface area contributed by atoms with Crippen LogP contribution >= 0.6 is 0 Å². The third kappa shape index (κ3) is 2.70. The SMILES string of the molecule is COC(CF)C(C)(F)F. The van der Waals surface area contributed by atoms with Crippen LogP contribution in [0, 0.1) is 0 Å². The van der Waals surface area contributed by atoms with Gasteiger partial charge in [-0.2, -0.15) is 0 Å². The van der Waals surface area contributed by atoms with Crippen LogP contribution in [0.25, 0.3) is 0 Å². The van der Waals surface area contributed by atoms with Crippen molar-refractivity contribution in [3.63, 3.8) is 0 Å². The van der Waals surface area contributed by atoms with Crippen LogP contribution in [0.2, 0.25) is 0 Å². The minimum absolute atomic E-state index is 0.626. The zero-order valence-electron chi connectivity index (χ0n) is 5.33. The summed E-state index contributed by atoms with van der Waals surface area (Å²) in [7, 11) is 1.06. The van der Waals surface area contributed by atoms with Gasteiger partial charge in [0.25, 0.3) is 5.92 Å². The molecule has 0 aliphatic rings. The van der Waals surface area contributed by atoms with Crippen LogP contribution in [0.15, 0.2) is 0 Å². The first-order valence-electron chi connectivity index (χ1n) is 2.49. The summed E-state index contributed by atoms with van der Waals surface area (Å²) in [5.41, 5.74) is 0. The van der Waals surface area contributed by atoms with Crippen LogP contribution < -0.4 is 0 Å². The highest BCUT2D eigenvalue weighted by atomic mass is 19.3. The second-order valence-electron chi connectivity index (χ2n) is 1.83. The molecular weight excluding hydrogens is 133 g/mol. The molecule has 9 heavy (non-hydrogen) atoms. The normalized spacial score (nSPS) is 15.7. The van der Waals surface area contributed by atoms with Crippen LogP contribution in [0.3, 0.4) is 0 Å². The fraction of sp³-hybridized carbons (Fsp3) is 1.00. The van der Waals surface area contributed by atoms with Gasteiger partial charge in [-0.25, -0.2) is 13.2 Å². The molecule has 1 atom stereocenters. The number of alkyl halides is 3. The molecule has 4 heteroatoms. The third-order valence-electron chi connectivity index (χ3n) is 0.990. The van der Waals surface area contributed by atoms with Crippen LogP contribution in [0.4, 0.5) is 13.2 Å². The van der Waals surface area contributed by atoms with E-state index in [0.29, 0.717) is 6.92 Å². The summed E-state index contributed by atoms with van der Waals surface area (Å²) < 4.78 is 39.7. The van der Waals surface area contributed by atoms with Crippen molar-refractivity contribution in [3.8, 4) is 0 Å². The smallest absolute Gasteiger partial charge is 0.273 e. The van der Waals surface area contributed by atoms with E-state index in [4.69, 9.17) is 0 Å². The first kappa shape index (κ1) is 8.75. The first-order chi connectivity index (χ1) is 4.02. The van der Waals surface area contributed by atoms with Gasteiger partial charge in [0.15, 0.2) is 0 Å². The fourth-order valence-electron chi connectivity index (χ4n) is 0.405. The van der Waals surface area contributed by atoms with E-state index >= 15 is 0 Å². The van der Waals surface area contributed by atoms with Gasteiger partial charge in [-0.3, -0.25) is 0 Å². The van der Waals surface area contributed by atoms with Crippen LogP contribution in [0.1, 0.15) is 6.92 Å². The average molecular weight is 142 g/mol. The van der Waals surface area contributed by atoms with E-state index in [2.05, 4.69) is 4.74 Å². The molecular formula is C5H9F3O. The highest BCUT2D eigenvalue weighted by Gasteiger charge is 2.33. The predicted octanol–water partition coefficient (Wildman–Crippen LogP) is 1.63. The van der Waals surface area contributed by atoms with Crippen molar-refractivity contribution < 1.29 is 17.9 Å². The van der Waals surface area contributed by atoms with E-state index in [0.717, 1.165) is 7.11 Å². The molecule has 0 saturated heterocycles. The zero-order chi connectivity index (χ0) is 7.49. The van der Waals surface area contributed by atoms with E-state index in [-0.39, 0.29) is 0 Å². The molecule has 0 radical (unpaired) electrons. The summed E-state index contributed by atoms with van der Waals surface area (Å²) in [5.74, 6) is -3.08. The van der Waals surface area contributed by atoms with Crippen LogP contribution in [0.5, 0.6) is 0 Å². The number of halogens is 3. The molecule has 0 spiro atoms. The summed E-state index contributed by atoms with van der Waals surface area (Å²) in [5, 5.41) is 0. The van der Waals surface area contributed by atoms with Gasteiger partial charge in [0.2, 0.25) is 0 Å². The van der Waals surface area contributed by atoms with E-state index in [1.807, 2.05) is 0 Å². The lowest BCUT2D eigenvalue weighted by Gasteiger charge is -2.18. The molecule has 1 nitrogen and oxygen atoms in total. The van der Waals surface area contributed by atoms with Gasteiger partial charge in [0, 0.05) is 14.0 Å². The predicted molar refractivity (Wildman–Crippen MR) is 27.4 cm³/mol. The number of rotatable bonds is 3. The molecule has 1 unspecified atom stereocenters. The molecule has 0 bridgehead atoms. The monoisotopic (exact) mass is 142 g/mol. The molecule has 0 rings (SSSR count). The summed E-state index contributed by atoms with van der Waals surface area (Å²) in [6.45, 7) is -0.527. The zero-order valence-corrected chi connectivity index (χ0v) is 5.33. The molecule has 0 saturated carbocycles. The standard InChI is InChI=1S/C5H9F3O/c1-5(7,8)4(3-6)9-2/h4H,3H2,1-2H3. The van der Waals surface area contributed by atoms with Gasteiger partial charge in [0.1, 0.15) is 12.8 Å². The van der Waals surface area contributed by atoms with Crippen molar-refractivity contribution in [3.05, 3.63) is 0 Å². The quantitative estimate of drug-likeness (QED) is 0.581. The Labute approximate surface area is 51.8 Å². The third-order valence-corrected chi connectivity index (χ3v) is 0.990. The molecule has 0 fully saturated rings. The Balaban J connectivity index is 3.79. The molecule has 56 valence electrons. The minimum Gasteiger partial charge on any atom is -0.372 e. The number of hydrogen-bond donors (Lipinski definition) is 0. The summed E-state index contributed by atoms with van der Waals surface area (Å²) in [6.07, 6.45) is -1.60. The molecule has 0 aromatic rings. The van der Waals surface area contributed by atoms with Gasteiger partial charge in [-0.15, -0.1) is 0 Å². The lowest BCUT2D eigenvalue weighted by molar-refractivity contribution is -0.117. The molecule has 0 aliphatic carbocycles. The molecule has 0 heterocycles. The lowest BCUT2D eigenvalue weighted by atomic mass is 10.2. The maximum atomic E-state index is 12.0. The van der Waals surface area contributed by atoms with Crippen LogP contribution in [-0.4, -0.2) is 25.8 Å². The number of hydrogen-bond acceptors (Lipinski definition) is 1. The van der Waals surface area contributed by atoms with Gasteiger partial charge in [0.05, 0.1) is 0 Å². The Morgan fingerprint density at radius 3 is 2.00 bits per heavy atom. The van der Waals surface area contributed by atoms with Gasteiger partial charge in [-0.1, -0.05) is 0 Å². The van der Waals surface area contributed by atoms with Gasteiger partial charge in [-0.05, 0) is 0 Å². The van der Waals surface area contributed by atoms with Crippen molar-refractivity contribution in [1.82, 2.24) is 0 Å². The van der Waals surface area contributed by atoms with Crippen LogP contribution in [-0.2, 0) is 4.74 Å². The summed E-state index contributed by atoms with van der Waals surface area (Å²) in [6, 6.07) is 0. The molecule has 0 amide bonds. The topological polar surface area (TPSA) is 9.23 Å². The molecule has 0 aliphatic heterocycles. The lowest BCUT2D eigenvalue weighted by Crippen LogP contribution is -2.33. The summed E-state index contributed by atoms with van der Waals surface area (Å²) >= 11 is 0. The Morgan fingerprint density at radius 1 is 1.56 bits per heavy atom. The second-order valence-corrected chi connectivity index (χ2v) is 1.83. The maximum Gasteiger partial charge on any atom is 0.273 e. The largest absolute Gasteiger partial charge is 0.372 e. The Kier molecular flexibility index (Phi) is 2.97. The van der Waals surface area contributed by atoms with Crippen molar-refractivity contribution in [2.45, 2.75) is 19.0 Å².